The smallest absolute Gasteiger partial charge is 0.270 e. The molecule has 0 saturated carbocycles. The number of nitrogens with two attached hydrogens (primary N) is 1. The highest BCUT2D eigenvalue weighted by Crippen LogP contribution is 2.12. The van der Waals surface area contributed by atoms with E-state index in [0.717, 1.165) is 23.2 Å². The number of benzene rings is 1. The molecule has 2 aromatic rings. The summed E-state index contributed by atoms with van der Waals surface area (Å²) in [5.41, 5.74) is 7.91. The van der Waals surface area contributed by atoms with Crippen LogP contribution in [-0.4, -0.2) is 21.8 Å². The van der Waals surface area contributed by atoms with Crippen LogP contribution in [0.2, 0.25) is 0 Å². The number of hydrogen-bond donors (Lipinski definition) is 2. The number of H-pyrrole nitrogens is 1. The Balaban J connectivity index is 2.13. The third kappa shape index (κ3) is 3.11. The van der Waals surface area contributed by atoms with Gasteiger partial charge in [0.2, 0.25) is 0 Å². The lowest BCUT2D eigenvalue weighted by Gasteiger charge is -2.07. The van der Waals surface area contributed by atoms with E-state index in [2.05, 4.69) is 16.9 Å². The van der Waals surface area contributed by atoms with Crippen molar-refractivity contribution in [2.24, 2.45) is 5.73 Å². The van der Waals surface area contributed by atoms with E-state index in [-0.39, 0.29) is 11.6 Å². The Hall–Kier alpha value is -1.33. The summed E-state index contributed by atoms with van der Waals surface area (Å²) in [6.45, 7) is 2.06. The van der Waals surface area contributed by atoms with Crippen LogP contribution >= 0.6 is 11.8 Å². The molecule has 0 radical (unpaired) electrons. The Morgan fingerprint density at radius 2 is 2.22 bits per heavy atom. The SMILES string of the molecule is CCC(N)CSCc1nc2ccccc2[nH]c1=O. The van der Waals surface area contributed by atoms with Crippen LogP contribution in [0.5, 0.6) is 0 Å². The molecule has 0 amide bonds. The van der Waals surface area contributed by atoms with Crippen LogP contribution < -0.4 is 11.3 Å². The highest BCUT2D eigenvalue weighted by molar-refractivity contribution is 7.98. The maximum atomic E-state index is 11.8. The summed E-state index contributed by atoms with van der Waals surface area (Å²) in [6.07, 6.45) is 0.953. The average molecular weight is 263 g/mol. The summed E-state index contributed by atoms with van der Waals surface area (Å²) >= 11 is 1.65. The zero-order chi connectivity index (χ0) is 13.0. The lowest BCUT2D eigenvalue weighted by molar-refractivity contribution is 0.724. The summed E-state index contributed by atoms with van der Waals surface area (Å²) in [6, 6.07) is 7.74. The topological polar surface area (TPSA) is 71.8 Å². The van der Waals surface area contributed by atoms with E-state index in [9.17, 15) is 4.79 Å². The molecule has 18 heavy (non-hydrogen) atoms. The summed E-state index contributed by atoms with van der Waals surface area (Å²) < 4.78 is 0. The summed E-state index contributed by atoms with van der Waals surface area (Å²) in [4.78, 5) is 19.1. The maximum Gasteiger partial charge on any atom is 0.270 e. The first-order valence-corrected chi connectivity index (χ1v) is 7.17. The average Bonchev–Trinajstić information content (AvgIpc) is 2.39. The first kappa shape index (κ1) is 13.1. The van der Waals surface area contributed by atoms with Crippen LogP contribution in [0.4, 0.5) is 0 Å². The summed E-state index contributed by atoms with van der Waals surface area (Å²) in [5, 5.41) is 0. The molecule has 0 saturated heterocycles. The van der Waals surface area contributed by atoms with Crippen molar-refractivity contribution < 1.29 is 0 Å². The van der Waals surface area contributed by atoms with E-state index in [0.29, 0.717) is 11.4 Å². The summed E-state index contributed by atoms with van der Waals surface area (Å²) in [7, 11) is 0. The van der Waals surface area contributed by atoms with Crippen molar-refractivity contribution in [1.29, 1.82) is 0 Å². The van der Waals surface area contributed by atoms with Crippen LogP contribution in [-0.2, 0) is 5.75 Å². The van der Waals surface area contributed by atoms with Gasteiger partial charge in [0.15, 0.2) is 0 Å². The molecule has 3 N–H and O–H groups in total. The third-order valence-electron chi connectivity index (χ3n) is 2.76. The molecule has 96 valence electrons. The number of para-hydroxylation sites is 2. The molecule has 0 aliphatic rings. The van der Waals surface area contributed by atoms with E-state index in [1.165, 1.54) is 0 Å². The van der Waals surface area contributed by atoms with Gasteiger partial charge in [-0.3, -0.25) is 4.79 Å². The number of nitrogens with zero attached hydrogens (tertiary/aromatic N) is 1. The van der Waals surface area contributed by atoms with Crippen LogP contribution in [0.15, 0.2) is 29.1 Å². The Morgan fingerprint density at radius 3 is 3.00 bits per heavy atom. The van der Waals surface area contributed by atoms with E-state index in [4.69, 9.17) is 5.73 Å². The van der Waals surface area contributed by atoms with Crippen molar-refractivity contribution in [3.63, 3.8) is 0 Å². The maximum absolute atomic E-state index is 11.8. The number of aromatic amines is 1. The van der Waals surface area contributed by atoms with Gasteiger partial charge in [0.25, 0.3) is 5.56 Å². The fraction of sp³-hybridized carbons (Fsp3) is 0.385. The third-order valence-corrected chi connectivity index (χ3v) is 3.91. The molecule has 1 aromatic carbocycles. The molecule has 0 fully saturated rings. The molecule has 0 aliphatic carbocycles. The zero-order valence-corrected chi connectivity index (χ0v) is 11.2. The van der Waals surface area contributed by atoms with Crippen LogP contribution in [0.3, 0.4) is 0 Å². The second-order valence-electron chi connectivity index (χ2n) is 4.21. The Kier molecular flexibility index (Phi) is 4.38. The van der Waals surface area contributed by atoms with Gasteiger partial charge >= 0.3 is 0 Å². The lowest BCUT2D eigenvalue weighted by atomic mass is 10.3. The predicted molar refractivity (Wildman–Crippen MR) is 76.8 cm³/mol. The van der Waals surface area contributed by atoms with Crippen LogP contribution in [0, 0.1) is 0 Å². The second kappa shape index (κ2) is 6.02. The van der Waals surface area contributed by atoms with E-state index < -0.39 is 0 Å². The molecule has 0 bridgehead atoms. The molecular formula is C13H17N3OS. The normalized spacial score (nSPS) is 12.8. The number of aromatic nitrogens is 2. The number of thioether (sulfide) groups is 1. The first-order chi connectivity index (χ1) is 8.70. The molecule has 1 heterocycles. The standard InChI is InChI=1S/C13H17N3OS/c1-2-9(14)7-18-8-12-13(17)16-11-6-4-3-5-10(11)15-12/h3-6,9H,2,7-8,14H2,1H3,(H,16,17). The zero-order valence-electron chi connectivity index (χ0n) is 10.3. The molecule has 4 nitrogen and oxygen atoms in total. The molecule has 1 aromatic heterocycles. The van der Waals surface area contributed by atoms with Gasteiger partial charge in [0, 0.05) is 17.5 Å². The molecule has 1 atom stereocenters. The molecule has 2 rings (SSSR count). The number of rotatable bonds is 5. The fourth-order valence-corrected chi connectivity index (χ4v) is 2.64. The molecule has 0 aliphatic heterocycles. The molecular weight excluding hydrogens is 246 g/mol. The van der Waals surface area contributed by atoms with Gasteiger partial charge < -0.3 is 10.7 Å². The van der Waals surface area contributed by atoms with Crippen molar-refractivity contribution >= 4 is 22.8 Å². The van der Waals surface area contributed by atoms with Crippen molar-refractivity contribution in [2.75, 3.05) is 5.75 Å². The van der Waals surface area contributed by atoms with Gasteiger partial charge in [-0.25, -0.2) is 4.98 Å². The Morgan fingerprint density at radius 1 is 1.44 bits per heavy atom. The van der Waals surface area contributed by atoms with Crippen molar-refractivity contribution in [3.8, 4) is 0 Å². The predicted octanol–water partition coefficient (Wildman–Crippen LogP) is 1.89. The molecule has 5 heteroatoms. The van der Waals surface area contributed by atoms with Crippen LogP contribution in [0.1, 0.15) is 19.0 Å². The van der Waals surface area contributed by atoms with Gasteiger partial charge in [-0.2, -0.15) is 11.8 Å². The van der Waals surface area contributed by atoms with Crippen molar-refractivity contribution in [3.05, 3.63) is 40.3 Å². The van der Waals surface area contributed by atoms with E-state index >= 15 is 0 Å². The quantitative estimate of drug-likeness (QED) is 0.864. The van der Waals surface area contributed by atoms with E-state index in [1.54, 1.807) is 11.8 Å². The van der Waals surface area contributed by atoms with Gasteiger partial charge in [-0.15, -0.1) is 0 Å². The van der Waals surface area contributed by atoms with Gasteiger partial charge in [0.05, 0.1) is 11.0 Å². The second-order valence-corrected chi connectivity index (χ2v) is 5.24. The van der Waals surface area contributed by atoms with Crippen molar-refractivity contribution in [1.82, 2.24) is 9.97 Å². The monoisotopic (exact) mass is 263 g/mol. The fourth-order valence-electron chi connectivity index (χ4n) is 1.59. The first-order valence-electron chi connectivity index (χ1n) is 6.02. The van der Waals surface area contributed by atoms with E-state index in [1.807, 2.05) is 24.3 Å². The minimum absolute atomic E-state index is 0.105. The van der Waals surface area contributed by atoms with Gasteiger partial charge in [0.1, 0.15) is 5.69 Å². The van der Waals surface area contributed by atoms with Crippen LogP contribution in [0.25, 0.3) is 11.0 Å². The minimum Gasteiger partial charge on any atom is -0.327 e. The highest BCUT2D eigenvalue weighted by atomic mass is 32.2. The number of fused-ring (bicyclic) bond motifs is 1. The number of hydrogen-bond acceptors (Lipinski definition) is 4. The molecule has 1 unspecified atom stereocenters. The van der Waals surface area contributed by atoms with Gasteiger partial charge in [-0.05, 0) is 18.6 Å². The summed E-state index contributed by atoms with van der Waals surface area (Å²) in [5.74, 6) is 1.46. The lowest BCUT2D eigenvalue weighted by Crippen LogP contribution is -2.22. The highest BCUT2D eigenvalue weighted by Gasteiger charge is 2.06. The number of nitrogens with one attached hydrogen (secondary N) is 1. The Bertz CT molecular complexity index is 582. The minimum atomic E-state index is -0.105. The Labute approximate surface area is 110 Å². The van der Waals surface area contributed by atoms with Crippen molar-refractivity contribution in [2.45, 2.75) is 25.1 Å². The largest absolute Gasteiger partial charge is 0.327 e. The van der Waals surface area contributed by atoms with Gasteiger partial charge in [-0.1, -0.05) is 19.1 Å². The molecule has 0 spiro atoms.